The van der Waals surface area contributed by atoms with Crippen molar-refractivity contribution in [2.24, 2.45) is 17.8 Å². The molecule has 4 saturated heterocycles. The number of aliphatic hydroxyl groups is 1. The van der Waals surface area contributed by atoms with Crippen molar-refractivity contribution in [1.29, 1.82) is 0 Å². The third-order valence-corrected chi connectivity index (χ3v) is 9.64. The molecule has 2 amide bonds. The summed E-state index contributed by atoms with van der Waals surface area (Å²) in [5.74, 6) is -1.85. The topological polar surface area (TPSA) is 108 Å². The monoisotopic (exact) mass is 483 g/mol. The Morgan fingerprint density at radius 1 is 1.33 bits per heavy atom. The number of ether oxygens (including phenoxy) is 2. The largest absolute Gasteiger partial charge is 0.466 e. The fourth-order valence-electron chi connectivity index (χ4n) is 6.13. The first-order valence-corrected chi connectivity index (χ1v) is 13.1. The van der Waals surface area contributed by atoms with Gasteiger partial charge in [0.1, 0.15) is 6.04 Å². The molecule has 33 heavy (non-hydrogen) atoms. The van der Waals surface area contributed by atoms with Crippen molar-refractivity contribution >= 4 is 29.5 Å². The number of esters is 1. The second-order valence-corrected chi connectivity index (χ2v) is 11.4. The van der Waals surface area contributed by atoms with Crippen LogP contribution in [0.4, 0.5) is 0 Å². The van der Waals surface area contributed by atoms with E-state index in [0.717, 1.165) is 26.1 Å². The van der Waals surface area contributed by atoms with Gasteiger partial charge in [0.25, 0.3) is 0 Å². The van der Waals surface area contributed by atoms with E-state index in [1.54, 1.807) is 23.6 Å². The molecular weight excluding hydrogens is 446 g/mol. The molecule has 0 aliphatic carbocycles. The number of hydrogen-bond donors (Lipinski definition) is 2. The lowest BCUT2D eigenvalue weighted by molar-refractivity contribution is -0.154. The number of morpholine rings is 1. The van der Waals surface area contributed by atoms with Gasteiger partial charge in [-0.3, -0.25) is 19.3 Å². The smallest absolute Gasteiger partial charge is 0.310 e. The van der Waals surface area contributed by atoms with Crippen LogP contribution < -0.4 is 5.32 Å². The van der Waals surface area contributed by atoms with Crippen molar-refractivity contribution in [1.82, 2.24) is 15.1 Å². The zero-order valence-corrected chi connectivity index (χ0v) is 20.6. The normalized spacial score (nSPS) is 34.6. The molecule has 186 valence electrons. The first-order valence-electron chi connectivity index (χ1n) is 12.2. The number of rotatable bonds is 9. The summed E-state index contributed by atoms with van der Waals surface area (Å²) in [4.78, 5) is 44.2. The predicted octanol–water partition coefficient (Wildman–Crippen LogP) is 0.106. The molecule has 6 atom stereocenters. The van der Waals surface area contributed by atoms with Crippen LogP contribution in [0.1, 0.15) is 33.6 Å². The highest BCUT2D eigenvalue weighted by Gasteiger charge is 2.74. The van der Waals surface area contributed by atoms with Crippen LogP contribution in [0.5, 0.6) is 0 Å². The molecule has 4 fully saturated rings. The molecule has 4 aliphatic rings. The molecule has 2 unspecified atom stereocenters. The summed E-state index contributed by atoms with van der Waals surface area (Å²) in [6.45, 7) is 9.99. The van der Waals surface area contributed by atoms with Gasteiger partial charge in [-0.25, -0.2) is 0 Å². The Morgan fingerprint density at radius 3 is 2.70 bits per heavy atom. The molecule has 4 rings (SSSR count). The molecule has 9 nitrogen and oxygen atoms in total. The molecular formula is C23H37N3O6S. The van der Waals surface area contributed by atoms with Crippen LogP contribution in [0, 0.1) is 17.8 Å². The summed E-state index contributed by atoms with van der Waals surface area (Å²) in [6, 6.07) is -1.18. The predicted molar refractivity (Wildman–Crippen MR) is 124 cm³/mol. The lowest BCUT2D eigenvalue weighted by Gasteiger charge is -2.38. The number of fused-ring (bicyclic) bond motifs is 1. The molecule has 4 aliphatic heterocycles. The van der Waals surface area contributed by atoms with Crippen LogP contribution >= 0.6 is 11.8 Å². The van der Waals surface area contributed by atoms with E-state index in [-0.39, 0.29) is 42.2 Å². The van der Waals surface area contributed by atoms with Crippen molar-refractivity contribution in [3.8, 4) is 0 Å². The third kappa shape index (κ3) is 4.28. The molecule has 10 heteroatoms. The van der Waals surface area contributed by atoms with E-state index < -0.39 is 28.7 Å². The number of nitrogens with one attached hydrogen (secondary N) is 1. The second-order valence-electron chi connectivity index (χ2n) is 9.79. The summed E-state index contributed by atoms with van der Waals surface area (Å²) in [6.07, 6.45) is 1.50. The molecule has 1 spiro atoms. The quantitative estimate of drug-likeness (QED) is 0.445. The van der Waals surface area contributed by atoms with Crippen LogP contribution in [-0.4, -0.2) is 107 Å². The van der Waals surface area contributed by atoms with Crippen LogP contribution in [-0.2, 0) is 23.9 Å². The third-order valence-electron chi connectivity index (χ3n) is 7.69. The van der Waals surface area contributed by atoms with Gasteiger partial charge < -0.3 is 24.8 Å². The molecule has 2 N–H and O–H groups in total. The molecule has 0 saturated carbocycles. The summed E-state index contributed by atoms with van der Waals surface area (Å²) in [7, 11) is 0. The molecule has 0 radical (unpaired) electrons. The summed E-state index contributed by atoms with van der Waals surface area (Å²) < 4.78 is 10.1. The van der Waals surface area contributed by atoms with E-state index in [1.165, 1.54) is 0 Å². The number of amides is 2. The maximum absolute atomic E-state index is 13.8. The maximum Gasteiger partial charge on any atom is 0.310 e. The zero-order valence-electron chi connectivity index (χ0n) is 19.8. The first kappa shape index (κ1) is 24.8. The lowest BCUT2D eigenvalue weighted by Crippen LogP contribution is -2.58. The molecule has 0 aromatic rings. The zero-order chi connectivity index (χ0) is 23.8. The van der Waals surface area contributed by atoms with Gasteiger partial charge in [0.15, 0.2) is 0 Å². The molecule has 2 bridgehead atoms. The van der Waals surface area contributed by atoms with Gasteiger partial charge in [-0.05, 0) is 25.7 Å². The molecule has 0 aromatic heterocycles. The van der Waals surface area contributed by atoms with Crippen LogP contribution in [0.3, 0.4) is 0 Å². The lowest BCUT2D eigenvalue weighted by atomic mass is 9.71. The van der Waals surface area contributed by atoms with Gasteiger partial charge in [-0.1, -0.05) is 13.8 Å². The summed E-state index contributed by atoms with van der Waals surface area (Å²) >= 11 is 1.62. The van der Waals surface area contributed by atoms with E-state index in [9.17, 15) is 19.5 Å². The average Bonchev–Trinajstić information content (AvgIpc) is 3.43. The van der Waals surface area contributed by atoms with Crippen molar-refractivity contribution in [3.63, 3.8) is 0 Å². The van der Waals surface area contributed by atoms with Crippen LogP contribution in [0.15, 0.2) is 0 Å². The minimum Gasteiger partial charge on any atom is -0.466 e. The number of nitrogens with zero attached hydrogens (tertiary/aromatic N) is 2. The average molecular weight is 484 g/mol. The number of carbonyl (C=O) groups excluding carboxylic acids is 3. The highest BCUT2D eigenvalue weighted by Crippen LogP contribution is 2.66. The van der Waals surface area contributed by atoms with Crippen molar-refractivity contribution in [3.05, 3.63) is 0 Å². The number of likely N-dealkylation sites (tertiary alicyclic amines) is 1. The van der Waals surface area contributed by atoms with Gasteiger partial charge in [0.2, 0.25) is 11.8 Å². The van der Waals surface area contributed by atoms with Gasteiger partial charge in [0, 0.05) is 31.4 Å². The Morgan fingerprint density at radius 2 is 2.06 bits per heavy atom. The Labute approximate surface area is 199 Å². The fourth-order valence-corrected chi connectivity index (χ4v) is 8.33. The van der Waals surface area contributed by atoms with Gasteiger partial charge >= 0.3 is 5.97 Å². The highest BCUT2D eigenvalue weighted by atomic mass is 32.2. The van der Waals surface area contributed by atoms with Gasteiger partial charge in [0.05, 0.1) is 49.1 Å². The minimum absolute atomic E-state index is 0.00423. The number of carbonyl (C=O) groups is 3. The molecule has 4 heterocycles. The van der Waals surface area contributed by atoms with E-state index >= 15 is 0 Å². The van der Waals surface area contributed by atoms with Crippen molar-refractivity contribution in [2.75, 3.05) is 52.6 Å². The van der Waals surface area contributed by atoms with E-state index in [0.29, 0.717) is 26.2 Å². The van der Waals surface area contributed by atoms with Gasteiger partial charge in [-0.2, -0.15) is 0 Å². The Hall–Kier alpha value is -1.36. The number of thioether (sulfide) groups is 1. The Balaban J connectivity index is 1.59. The van der Waals surface area contributed by atoms with Crippen molar-refractivity contribution < 1.29 is 29.0 Å². The van der Waals surface area contributed by atoms with Gasteiger partial charge in [-0.15, -0.1) is 11.8 Å². The second kappa shape index (κ2) is 10.1. The van der Waals surface area contributed by atoms with E-state index in [1.807, 2.05) is 13.8 Å². The Kier molecular flexibility index (Phi) is 7.57. The Bertz CT molecular complexity index is 760. The van der Waals surface area contributed by atoms with E-state index in [2.05, 4.69) is 10.2 Å². The van der Waals surface area contributed by atoms with E-state index in [4.69, 9.17) is 9.47 Å². The van der Waals surface area contributed by atoms with Crippen molar-refractivity contribution in [2.45, 2.75) is 55.7 Å². The molecule has 0 aromatic carbocycles. The maximum atomic E-state index is 13.8. The highest BCUT2D eigenvalue weighted by molar-refractivity contribution is 8.02. The summed E-state index contributed by atoms with van der Waals surface area (Å²) in [5, 5.41) is 13.2. The first-order chi connectivity index (χ1) is 15.9. The summed E-state index contributed by atoms with van der Waals surface area (Å²) in [5.41, 5.74) is 0. The van der Waals surface area contributed by atoms with Crippen LogP contribution in [0.25, 0.3) is 0 Å². The van der Waals surface area contributed by atoms with Crippen LogP contribution in [0.2, 0.25) is 0 Å². The number of hydrogen-bond acceptors (Lipinski definition) is 8. The fraction of sp³-hybridized carbons (Fsp3) is 0.870. The minimum atomic E-state index is -0.700. The number of aliphatic hydroxyl groups excluding tert-OH is 1. The standard InChI is InChI=1S/C23H37N3O6S/c1-4-32-22(30)17-16-5-6-23(33-16)18(17)21(29)26(15(13-27)14(2)3)19(23)20(28)24-7-8-25-9-11-31-12-10-25/h14-19,27H,4-13H2,1-3H3,(H,24,28)/t15-,16-,17+,18-,19?,23?/m0/s1. The SMILES string of the molecule is CCOC(=O)[C@@H]1[C@@H]2CCC3(S2)C(C(=O)NCCN2CCOCC2)N([C@@H](CO)C(C)C)C(=O)[C@H]13.